The van der Waals surface area contributed by atoms with Gasteiger partial charge in [-0.15, -0.1) is 11.8 Å². The Morgan fingerprint density at radius 3 is 2.68 bits per heavy atom. The van der Waals surface area contributed by atoms with Gasteiger partial charge in [-0.3, -0.25) is 4.79 Å². The standard InChI is InChI=1S/C19H22ClNO3S/c1-13-11-17(18(23-3)12-16(13)20)21-19(22)14(2)25-10-9-24-15-7-5-4-6-8-15/h4-8,11-12,14H,9-10H2,1-3H3,(H,21,22). The first kappa shape index (κ1) is 19.5. The third-order valence-corrected chi connectivity index (χ3v) is 5.09. The van der Waals surface area contributed by atoms with Gasteiger partial charge in [0.1, 0.15) is 11.5 Å². The average Bonchev–Trinajstić information content (AvgIpc) is 2.62. The summed E-state index contributed by atoms with van der Waals surface area (Å²) in [4.78, 5) is 12.4. The molecule has 134 valence electrons. The SMILES string of the molecule is COc1cc(Cl)c(C)cc1NC(=O)C(C)SCCOc1ccccc1. The van der Waals surface area contributed by atoms with Gasteiger partial charge in [0.25, 0.3) is 0 Å². The summed E-state index contributed by atoms with van der Waals surface area (Å²) in [6, 6.07) is 13.2. The smallest absolute Gasteiger partial charge is 0.237 e. The second-order valence-electron chi connectivity index (χ2n) is 5.47. The maximum absolute atomic E-state index is 12.4. The topological polar surface area (TPSA) is 47.6 Å². The molecule has 2 aromatic rings. The van der Waals surface area contributed by atoms with Gasteiger partial charge in [0, 0.05) is 16.8 Å². The zero-order valence-electron chi connectivity index (χ0n) is 14.5. The summed E-state index contributed by atoms with van der Waals surface area (Å²) in [5.74, 6) is 2.03. The van der Waals surface area contributed by atoms with Gasteiger partial charge in [-0.25, -0.2) is 0 Å². The van der Waals surface area contributed by atoms with E-state index in [0.717, 1.165) is 17.1 Å². The molecule has 0 fully saturated rings. The van der Waals surface area contributed by atoms with Crippen molar-refractivity contribution in [2.75, 3.05) is 24.8 Å². The maximum Gasteiger partial charge on any atom is 0.237 e. The van der Waals surface area contributed by atoms with Crippen LogP contribution in [0.3, 0.4) is 0 Å². The zero-order chi connectivity index (χ0) is 18.2. The molecular weight excluding hydrogens is 358 g/mol. The number of benzene rings is 2. The Labute approximate surface area is 157 Å². The Kier molecular flexibility index (Phi) is 7.47. The van der Waals surface area contributed by atoms with Crippen LogP contribution in [0.15, 0.2) is 42.5 Å². The van der Waals surface area contributed by atoms with Crippen LogP contribution in [-0.4, -0.2) is 30.6 Å². The van der Waals surface area contributed by atoms with Gasteiger partial charge in [-0.1, -0.05) is 29.8 Å². The number of carbonyl (C=O) groups is 1. The molecule has 4 nitrogen and oxygen atoms in total. The molecule has 6 heteroatoms. The molecule has 0 radical (unpaired) electrons. The summed E-state index contributed by atoms with van der Waals surface area (Å²) in [7, 11) is 1.55. The third kappa shape index (κ3) is 5.87. The highest BCUT2D eigenvalue weighted by Gasteiger charge is 2.16. The molecule has 0 aliphatic rings. The van der Waals surface area contributed by atoms with Gasteiger partial charge >= 0.3 is 0 Å². The fourth-order valence-corrected chi connectivity index (χ4v) is 3.04. The summed E-state index contributed by atoms with van der Waals surface area (Å²) in [6.45, 7) is 4.31. The van der Waals surface area contributed by atoms with E-state index in [0.29, 0.717) is 23.1 Å². The number of hydrogen-bond donors (Lipinski definition) is 1. The Balaban J connectivity index is 1.83. The molecule has 0 aromatic heterocycles. The second-order valence-corrected chi connectivity index (χ2v) is 7.32. The predicted molar refractivity (Wildman–Crippen MR) is 105 cm³/mol. The first-order valence-electron chi connectivity index (χ1n) is 7.95. The van der Waals surface area contributed by atoms with Gasteiger partial charge in [0.05, 0.1) is 24.7 Å². The Morgan fingerprint density at radius 2 is 2.00 bits per heavy atom. The molecule has 1 N–H and O–H groups in total. The Morgan fingerprint density at radius 1 is 1.28 bits per heavy atom. The van der Waals surface area contributed by atoms with Crippen molar-refractivity contribution in [1.82, 2.24) is 0 Å². The predicted octanol–water partition coefficient (Wildman–Crippen LogP) is 4.80. The lowest BCUT2D eigenvalue weighted by Gasteiger charge is -2.15. The van der Waals surface area contributed by atoms with Crippen LogP contribution in [0.5, 0.6) is 11.5 Å². The van der Waals surface area contributed by atoms with Crippen LogP contribution >= 0.6 is 23.4 Å². The number of aryl methyl sites for hydroxylation is 1. The minimum atomic E-state index is -0.208. The highest BCUT2D eigenvalue weighted by atomic mass is 35.5. The maximum atomic E-state index is 12.4. The van der Waals surface area contributed by atoms with E-state index in [-0.39, 0.29) is 11.2 Å². The van der Waals surface area contributed by atoms with E-state index in [9.17, 15) is 4.79 Å². The lowest BCUT2D eigenvalue weighted by Crippen LogP contribution is -2.23. The number of anilines is 1. The molecule has 1 unspecified atom stereocenters. The normalized spacial score (nSPS) is 11.7. The molecule has 1 amide bonds. The summed E-state index contributed by atoms with van der Waals surface area (Å²) in [5.41, 5.74) is 1.51. The Hall–Kier alpha value is -1.85. The first-order chi connectivity index (χ1) is 12.0. The van der Waals surface area contributed by atoms with Crippen molar-refractivity contribution < 1.29 is 14.3 Å². The van der Waals surface area contributed by atoms with Gasteiger partial charge in [0.2, 0.25) is 5.91 Å². The van der Waals surface area contributed by atoms with E-state index in [2.05, 4.69) is 5.32 Å². The number of carbonyl (C=O) groups excluding carboxylic acids is 1. The van der Waals surface area contributed by atoms with Gasteiger partial charge in [-0.2, -0.15) is 0 Å². The van der Waals surface area contributed by atoms with Crippen molar-refractivity contribution >= 4 is 35.0 Å². The molecule has 0 saturated heterocycles. The molecule has 0 aliphatic carbocycles. The first-order valence-corrected chi connectivity index (χ1v) is 9.38. The van der Waals surface area contributed by atoms with Crippen LogP contribution < -0.4 is 14.8 Å². The van der Waals surface area contributed by atoms with Crippen molar-refractivity contribution in [2.24, 2.45) is 0 Å². The van der Waals surface area contributed by atoms with Gasteiger partial charge in [-0.05, 0) is 37.6 Å². The minimum absolute atomic E-state index is 0.0790. The molecule has 0 saturated carbocycles. The number of thioether (sulfide) groups is 1. The summed E-state index contributed by atoms with van der Waals surface area (Å²) in [6.07, 6.45) is 0. The number of nitrogens with one attached hydrogen (secondary N) is 1. The average molecular weight is 380 g/mol. The molecule has 0 spiro atoms. The number of ether oxygens (including phenoxy) is 2. The van der Waals surface area contributed by atoms with Crippen LogP contribution in [0.4, 0.5) is 5.69 Å². The van der Waals surface area contributed by atoms with Crippen molar-refractivity contribution in [2.45, 2.75) is 19.1 Å². The summed E-state index contributed by atoms with van der Waals surface area (Å²) >= 11 is 7.63. The number of amides is 1. The van der Waals surface area contributed by atoms with Crippen LogP contribution in [-0.2, 0) is 4.79 Å². The largest absolute Gasteiger partial charge is 0.495 e. The molecular formula is C19H22ClNO3S. The highest BCUT2D eigenvalue weighted by molar-refractivity contribution is 8.00. The van der Waals surface area contributed by atoms with Gasteiger partial charge in [0.15, 0.2) is 0 Å². The molecule has 1 atom stereocenters. The van der Waals surface area contributed by atoms with E-state index in [1.807, 2.05) is 50.2 Å². The molecule has 2 aromatic carbocycles. The number of methoxy groups -OCH3 is 1. The van der Waals surface area contributed by atoms with Crippen LogP contribution in [0.1, 0.15) is 12.5 Å². The fourth-order valence-electron chi connectivity index (χ4n) is 2.14. The van der Waals surface area contributed by atoms with E-state index in [1.165, 1.54) is 11.8 Å². The van der Waals surface area contributed by atoms with Crippen LogP contribution in [0.2, 0.25) is 5.02 Å². The summed E-state index contributed by atoms with van der Waals surface area (Å²) < 4.78 is 10.9. The van der Waals surface area contributed by atoms with Crippen molar-refractivity contribution in [3.63, 3.8) is 0 Å². The third-order valence-electron chi connectivity index (χ3n) is 3.57. The molecule has 25 heavy (non-hydrogen) atoms. The lowest BCUT2D eigenvalue weighted by molar-refractivity contribution is -0.115. The fraction of sp³-hybridized carbons (Fsp3) is 0.316. The second kappa shape index (κ2) is 9.59. The zero-order valence-corrected chi connectivity index (χ0v) is 16.1. The monoisotopic (exact) mass is 379 g/mol. The minimum Gasteiger partial charge on any atom is -0.495 e. The number of hydrogen-bond acceptors (Lipinski definition) is 4. The lowest BCUT2D eigenvalue weighted by atomic mass is 10.2. The molecule has 2 rings (SSSR count). The molecule has 0 aliphatic heterocycles. The highest BCUT2D eigenvalue weighted by Crippen LogP contribution is 2.31. The molecule has 0 heterocycles. The summed E-state index contributed by atoms with van der Waals surface area (Å²) in [5, 5.41) is 3.30. The van der Waals surface area contributed by atoms with Crippen LogP contribution in [0.25, 0.3) is 0 Å². The number of rotatable bonds is 8. The van der Waals surface area contributed by atoms with Crippen molar-refractivity contribution in [3.8, 4) is 11.5 Å². The molecule has 0 bridgehead atoms. The van der Waals surface area contributed by atoms with Gasteiger partial charge < -0.3 is 14.8 Å². The number of halogens is 1. The number of para-hydroxylation sites is 1. The van der Waals surface area contributed by atoms with Crippen LogP contribution in [0, 0.1) is 6.92 Å². The quantitative estimate of drug-likeness (QED) is 0.669. The Bertz CT molecular complexity index is 709. The van der Waals surface area contributed by atoms with E-state index < -0.39 is 0 Å². The van der Waals surface area contributed by atoms with Crippen molar-refractivity contribution in [3.05, 3.63) is 53.1 Å². The van der Waals surface area contributed by atoms with E-state index in [4.69, 9.17) is 21.1 Å². The van der Waals surface area contributed by atoms with E-state index >= 15 is 0 Å². The van der Waals surface area contributed by atoms with Crippen molar-refractivity contribution in [1.29, 1.82) is 0 Å². The van der Waals surface area contributed by atoms with E-state index in [1.54, 1.807) is 13.2 Å².